The lowest BCUT2D eigenvalue weighted by Gasteiger charge is -2.44. The molecule has 3 aliphatic heterocycles. The van der Waals surface area contributed by atoms with Crippen molar-refractivity contribution in [2.24, 2.45) is 5.92 Å². The van der Waals surface area contributed by atoms with Crippen molar-refractivity contribution >= 4 is 27.4 Å². The van der Waals surface area contributed by atoms with Crippen LogP contribution in [-0.4, -0.2) is 61.5 Å². The maximum atomic E-state index is 12.6. The Bertz CT molecular complexity index is 1270. The van der Waals surface area contributed by atoms with Crippen LogP contribution in [0.25, 0.3) is 10.4 Å². The zero-order valence-corrected chi connectivity index (χ0v) is 21.3. The van der Waals surface area contributed by atoms with Gasteiger partial charge in [0, 0.05) is 24.3 Å². The van der Waals surface area contributed by atoms with Crippen molar-refractivity contribution in [2.45, 2.75) is 30.7 Å². The summed E-state index contributed by atoms with van der Waals surface area (Å²) in [5.41, 5.74) is 1.93. The number of aromatic nitrogens is 1. The van der Waals surface area contributed by atoms with Crippen molar-refractivity contribution in [3.05, 3.63) is 65.3 Å². The highest BCUT2D eigenvalue weighted by molar-refractivity contribution is 7.85. The van der Waals surface area contributed by atoms with Crippen LogP contribution in [0, 0.1) is 12.8 Å². The van der Waals surface area contributed by atoms with Gasteiger partial charge in [0.2, 0.25) is 0 Å². The van der Waals surface area contributed by atoms with Crippen molar-refractivity contribution in [2.75, 3.05) is 26.7 Å². The van der Waals surface area contributed by atoms with Gasteiger partial charge < -0.3 is 15.0 Å². The van der Waals surface area contributed by atoms with Gasteiger partial charge in [-0.15, -0.1) is 11.3 Å². The van der Waals surface area contributed by atoms with E-state index >= 15 is 0 Å². The Kier molecular flexibility index (Phi) is 7.85. The summed E-state index contributed by atoms with van der Waals surface area (Å²) in [6.45, 7) is 5.16. The summed E-state index contributed by atoms with van der Waals surface area (Å²) in [6, 6.07) is 14.1. The molecule has 10 heteroatoms. The van der Waals surface area contributed by atoms with E-state index in [2.05, 4.69) is 15.2 Å². The van der Waals surface area contributed by atoms with Crippen molar-refractivity contribution in [1.29, 1.82) is 0 Å². The molecule has 0 spiro atoms. The molecule has 3 fully saturated rings. The first-order valence-electron chi connectivity index (χ1n) is 11.4. The number of amides is 1. The summed E-state index contributed by atoms with van der Waals surface area (Å²) in [7, 11) is -2.37. The van der Waals surface area contributed by atoms with Crippen LogP contribution in [-0.2, 0) is 10.1 Å². The minimum Gasteiger partial charge on any atom is -0.496 e. The van der Waals surface area contributed by atoms with Gasteiger partial charge in [-0.05, 0) is 63.0 Å². The second kappa shape index (κ2) is 10.9. The van der Waals surface area contributed by atoms with E-state index in [0.29, 0.717) is 10.9 Å². The zero-order chi connectivity index (χ0) is 25.0. The Balaban J connectivity index is 0.000000221. The Morgan fingerprint density at radius 2 is 1.83 bits per heavy atom. The van der Waals surface area contributed by atoms with Crippen molar-refractivity contribution in [1.82, 2.24) is 15.2 Å². The molecule has 35 heavy (non-hydrogen) atoms. The third-order valence-corrected chi connectivity index (χ3v) is 8.26. The first-order valence-corrected chi connectivity index (χ1v) is 13.7. The number of ether oxygens (including phenoxy) is 1. The topological polar surface area (TPSA) is 109 Å². The van der Waals surface area contributed by atoms with Crippen molar-refractivity contribution in [3.8, 4) is 16.2 Å². The summed E-state index contributed by atoms with van der Waals surface area (Å²) in [6.07, 6.45) is 4.14. The summed E-state index contributed by atoms with van der Waals surface area (Å²) >= 11 is 1.42. The van der Waals surface area contributed by atoms with Crippen LogP contribution in [0.3, 0.4) is 0 Å². The standard InChI is InChI=1S/C18H21N3O2S.C7H8O3S/c1-23-15-5-3-2-4-13(15)16-10-19-18(24-16)17(22)20-14-11-21-8-6-12(14)7-9-21;1-6-2-4-7(5-3-6)11(8,9)10/h2-5,10,12,14H,6-9,11H2,1H3,(H,20,22);2-5H,1H3,(H,8,9,10)/t14-;/m0./s1. The number of carbonyl (C=O) groups is 1. The third-order valence-electron chi connectivity index (χ3n) is 6.36. The van der Waals surface area contributed by atoms with Crippen molar-refractivity contribution in [3.63, 3.8) is 0 Å². The van der Waals surface area contributed by atoms with E-state index in [1.165, 1.54) is 49.4 Å². The average Bonchev–Trinajstić information content (AvgIpc) is 3.35. The lowest BCUT2D eigenvalue weighted by Crippen LogP contribution is -2.57. The summed E-state index contributed by atoms with van der Waals surface area (Å²) in [5, 5.41) is 3.72. The van der Waals surface area contributed by atoms with E-state index in [1.54, 1.807) is 25.4 Å². The number of nitrogens with zero attached hydrogens (tertiary/aromatic N) is 2. The number of methoxy groups -OCH3 is 1. The molecule has 0 saturated carbocycles. The molecule has 4 heterocycles. The molecule has 1 amide bonds. The molecule has 0 radical (unpaired) electrons. The number of carbonyl (C=O) groups excluding carboxylic acids is 1. The highest BCUT2D eigenvalue weighted by Crippen LogP contribution is 2.34. The highest BCUT2D eigenvalue weighted by Gasteiger charge is 2.35. The molecule has 3 aromatic rings. The number of hydrogen-bond donors (Lipinski definition) is 2. The van der Waals surface area contributed by atoms with Crippen molar-refractivity contribution < 1.29 is 22.5 Å². The number of benzene rings is 2. The minimum atomic E-state index is -4.02. The lowest BCUT2D eigenvalue weighted by atomic mass is 9.84. The van der Waals surface area contributed by atoms with Crippen LogP contribution < -0.4 is 10.1 Å². The quantitative estimate of drug-likeness (QED) is 0.496. The Labute approximate surface area is 209 Å². The van der Waals surface area contributed by atoms with Gasteiger partial charge in [0.25, 0.3) is 16.0 Å². The predicted molar refractivity (Wildman–Crippen MR) is 136 cm³/mol. The maximum absolute atomic E-state index is 12.6. The molecule has 1 aromatic heterocycles. The fraction of sp³-hybridized carbons (Fsp3) is 0.360. The first kappa shape index (κ1) is 25.3. The number of aryl methyl sites for hydroxylation is 1. The third kappa shape index (κ3) is 6.26. The molecule has 2 N–H and O–H groups in total. The van der Waals surface area contributed by atoms with Crippen LogP contribution in [0.5, 0.6) is 5.75 Å². The SMILES string of the molecule is COc1ccccc1-c1cnc(C(=O)N[C@H]2CN3CCC2CC3)s1.Cc1ccc(S(=O)(=O)O)cc1. The lowest BCUT2D eigenvalue weighted by molar-refractivity contribution is 0.0620. The number of hydrogen-bond acceptors (Lipinski definition) is 7. The van der Waals surface area contributed by atoms with E-state index in [4.69, 9.17) is 9.29 Å². The average molecular weight is 516 g/mol. The van der Waals surface area contributed by atoms with Gasteiger partial charge in [-0.1, -0.05) is 29.8 Å². The van der Waals surface area contributed by atoms with Crippen LogP contribution in [0.2, 0.25) is 0 Å². The van der Waals surface area contributed by atoms with Crippen LogP contribution >= 0.6 is 11.3 Å². The number of nitrogens with one attached hydrogen (secondary N) is 1. The number of para-hydroxylation sites is 1. The largest absolute Gasteiger partial charge is 0.496 e. The van der Waals surface area contributed by atoms with Gasteiger partial charge in [0.1, 0.15) is 5.75 Å². The van der Waals surface area contributed by atoms with Gasteiger partial charge in [0.05, 0.1) is 16.9 Å². The molecule has 3 saturated heterocycles. The maximum Gasteiger partial charge on any atom is 0.294 e. The minimum absolute atomic E-state index is 0.0557. The molecule has 186 valence electrons. The fourth-order valence-corrected chi connectivity index (χ4v) is 5.75. The predicted octanol–water partition coefficient (Wildman–Crippen LogP) is 3.88. The van der Waals surface area contributed by atoms with Crippen LogP contribution in [0.15, 0.2) is 59.6 Å². The molecular weight excluding hydrogens is 486 g/mol. The number of fused-ring (bicyclic) bond motifs is 3. The molecule has 1 atom stereocenters. The van der Waals surface area contributed by atoms with Gasteiger partial charge in [-0.3, -0.25) is 9.35 Å². The second-order valence-electron chi connectivity index (χ2n) is 8.74. The Morgan fingerprint density at radius 1 is 1.14 bits per heavy atom. The summed E-state index contributed by atoms with van der Waals surface area (Å²) < 4.78 is 34.9. The number of thiazole rings is 1. The molecule has 0 unspecified atom stereocenters. The molecule has 3 aliphatic rings. The van der Waals surface area contributed by atoms with Gasteiger partial charge in [-0.25, -0.2) is 4.98 Å². The second-order valence-corrected chi connectivity index (χ2v) is 11.2. The smallest absolute Gasteiger partial charge is 0.294 e. The van der Waals surface area contributed by atoms with E-state index in [0.717, 1.165) is 28.3 Å². The van der Waals surface area contributed by atoms with Gasteiger partial charge in [-0.2, -0.15) is 8.42 Å². The normalized spacial score (nSPS) is 21.1. The molecular formula is C25H29N3O5S2. The van der Waals surface area contributed by atoms with E-state index < -0.39 is 10.1 Å². The molecule has 8 nitrogen and oxygen atoms in total. The van der Waals surface area contributed by atoms with E-state index in [1.807, 2.05) is 31.2 Å². The number of piperidine rings is 3. The molecule has 0 aliphatic carbocycles. The number of rotatable bonds is 5. The monoisotopic (exact) mass is 515 g/mol. The van der Waals surface area contributed by atoms with Crippen LogP contribution in [0.1, 0.15) is 28.2 Å². The summed E-state index contributed by atoms with van der Waals surface area (Å²) in [5.74, 6) is 1.36. The molecule has 6 rings (SSSR count). The Morgan fingerprint density at radius 3 is 2.43 bits per heavy atom. The van der Waals surface area contributed by atoms with Gasteiger partial charge in [0.15, 0.2) is 5.01 Å². The Hall–Kier alpha value is -2.79. The molecule has 2 bridgehead atoms. The summed E-state index contributed by atoms with van der Waals surface area (Å²) in [4.78, 5) is 20.2. The first-order chi connectivity index (χ1) is 16.7. The zero-order valence-electron chi connectivity index (χ0n) is 19.7. The highest BCUT2D eigenvalue weighted by atomic mass is 32.2. The van der Waals surface area contributed by atoms with E-state index in [9.17, 15) is 13.2 Å². The molecule has 2 aromatic carbocycles. The van der Waals surface area contributed by atoms with Gasteiger partial charge >= 0.3 is 0 Å². The van der Waals surface area contributed by atoms with E-state index in [-0.39, 0.29) is 16.8 Å². The van der Waals surface area contributed by atoms with Crippen LogP contribution in [0.4, 0.5) is 0 Å². The fourth-order valence-electron chi connectivity index (χ4n) is 4.42.